The molecule has 0 bridgehead atoms. The van der Waals surface area contributed by atoms with Crippen molar-refractivity contribution in [3.05, 3.63) is 24.3 Å². The Bertz CT molecular complexity index is 592. The first kappa shape index (κ1) is 15.4. The van der Waals surface area contributed by atoms with E-state index in [1.54, 1.807) is 0 Å². The predicted octanol–water partition coefficient (Wildman–Crippen LogP) is 2.85. The highest BCUT2D eigenvalue weighted by atomic mass is 32.2. The fourth-order valence-corrected chi connectivity index (χ4v) is 2.70. The lowest BCUT2D eigenvalue weighted by molar-refractivity contribution is -0.118. The SMILES string of the molecule is O=C(CSc1nc2ccccc2o1)NCCCOCC1CC1. The van der Waals surface area contributed by atoms with E-state index >= 15 is 0 Å². The van der Waals surface area contributed by atoms with E-state index in [2.05, 4.69) is 10.3 Å². The van der Waals surface area contributed by atoms with Crippen LogP contribution in [-0.2, 0) is 9.53 Å². The quantitative estimate of drug-likeness (QED) is 0.568. The summed E-state index contributed by atoms with van der Waals surface area (Å²) in [4.78, 5) is 16.1. The van der Waals surface area contributed by atoms with E-state index < -0.39 is 0 Å². The minimum absolute atomic E-state index is 0.00514. The van der Waals surface area contributed by atoms with Gasteiger partial charge in [-0.15, -0.1) is 0 Å². The van der Waals surface area contributed by atoms with Crippen molar-refractivity contribution in [2.45, 2.75) is 24.5 Å². The van der Waals surface area contributed by atoms with Gasteiger partial charge in [-0.3, -0.25) is 4.79 Å². The maximum absolute atomic E-state index is 11.7. The molecule has 1 aromatic heterocycles. The topological polar surface area (TPSA) is 64.4 Å². The zero-order valence-corrected chi connectivity index (χ0v) is 13.2. The minimum atomic E-state index is -0.00514. The molecule has 3 rings (SSSR count). The van der Waals surface area contributed by atoms with Gasteiger partial charge in [-0.05, 0) is 37.3 Å². The highest BCUT2D eigenvalue weighted by Crippen LogP contribution is 2.28. The summed E-state index contributed by atoms with van der Waals surface area (Å²) in [6.45, 7) is 2.24. The molecule has 22 heavy (non-hydrogen) atoms. The summed E-state index contributed by atoms with van der Waals surface area (Å²) >= 11 is 1.31. The van der Waals surface area contributed by atoms with Crippen LogP contribution < -0.4 is 5.32 Å². The number of ether oxygens (including phenoxy) is 1. The molecule has 6 heteroatoms. The first-order valence-electron chi connectivity index (χ1n) is 7.64. The number of nitrogens with zero attached hydrogens (tertiary/aromatic N) is 1. The van der Waals surface area contributed by atoms with Crippen molar-refractivity contribution in [3.8, 4) is 0 Å². The van der Waals surface area contributed by atoms with Gasteiger partial charge >= 0.3 is 0 Å². The molecule has 0 atom stereocenters. The maximum atomic E-state index is 11.7. The Morgan fingerprint density at radius 1 is 1.41 bits per heavy atom. The molecule has 5 nitrogen and oxygen atoms in total. The third-order valence-electron chi connectivity index (χ3n) is 3.44. The van der Waals surface area contributed by atoms with Crippen LogP contribution in [0.2, 0.25) is 0 Å². The van der Waals surface area contributed by atoms with Gasteiger partial charge in [0, 0.05) is 19.8 Å². The van der Waals surface area contributed by atoms with Crippen LogP contribution in [0.1, 0.15) is 19.3 Å². The van der Waals surface area contributed by atoms with Crippen LogP contribution in [0.5, 0.6) is 0 Å². The van der Waals surface area contributed by atoms with Crippen molar-refractivity contribution in [2.24, 2.45) is 5.92 Å². The van der Waals surface area contributed by atoms with Crippen LogP contribution in [-0.4, -0.2) is 36.4 Å². The van der Waals surface area contributed by atoms with Crippen LogP contribution in [0.4, 0.5) is 0 Å². The molecule has 1 aliphatic carbocycles. The number of aromatic nitrogens is 1. The second-order valence-electron chi connectivity index (χ2n) is 5.46. The number of para-hydroxylation sites is 2. The molecular formula is C16H20N2O3S. The number of carbonyl (C=O) groups excluding carboxylic acids is 1. The molecule has 1 aromatic carbocycles. The van der Waals surface area contributed by atoms with Crippen molar-refractivity contribution in [3.63, 3.8) is 0 Å². The van der Waals surface area contributed by atoms with Crippen LogP contribution in [0.3, 0.4) is 0 Å². The number of nitrogens with one attached hydrogen (secondary N) is 1. The smallest absolute Gasteiger partial charge is 0.257 e. The molecule has 118 valence electrons. The minimum Gasteiger partial charge on any atom is -0.431 e. The lowest BCUT2D eigenvalue weighted by Gasteiger charge is -2.05. The molecule has 0 spiro atoms. The number of rotatable bonds is 9. The predicted molar refractivity (Wildman–Crippen MR) is 85.9 cm³/mol. The van der Waals surface area contributed by atoms with Crippen LogP contribution in [0.25, 0.3) is 11.1 Å². The molecule has 1 heterocycles. The van der Waals surface area contributed by atoms with E-state index in [4.69, 9.17) is 9.15 Å². The molecule has 2 aromatic rings. The van der Waals surface area contributed by atoms with Gasteiger partial charge in [0.1, 0.15) is 5.52 Å². The number of hydrogen-bond donors (Lipinski definition) is 1. The summed E-state index contributed by atoms with van der Waals surface area (Å²) in [6.07, 6.45) is 3.47. The third kappa shape index (κ3) is 4.74. The lowest BCUT2D eigenvalue weighted by Crippen LogP contribution is -2.26. The first-order valence-corrected chi connectivity index (χ1v) is 8.62. The second kappa shape index (κ2) is 7.65. The van der Waals surface area contributed by atoms with E-state index in [1.807, 2.05) is 24.3 Å². The fourth-order valence-electron chi connectivity index (χ4n) is 2.03. The van der Waals surface area contributed by atoms with E-state index in [0.29, 0.717) is 17.5 Å². The molecule has 1 saturated carbocycles. The number of thioether (sulfide) groups is 1. The van der Waals surface area contributed by atoms with Gasteiger partial charge in [-0.2, -0.15) is 0 Å². The van der Waals surface area contributed by atoms with Crippen molar-refractivity contribution in [1.82, 2.24) is 10.3 Å². The summed E-state index contributed by atoms with van der Waals surface area (Å²) in [5, 5.41) is 3.41. The molecule has 1 fully saturated rings. The third-order valence-corrected chi connectivity index (χ3v) is 4.27. The van der Waals surface area contributed by atoms with Gasteiger partial charge in [-0.1, -0.05) is 23.9 Å². The van der Waals surface area contributed by atoms with Gasteiger partial charge in [0.2, 0.25) is 5.91 Å². The molecule has 0 aliphatic heterocycles. The Hall–Kier alpha value is -1.53. The van der Waals surface area contributed by atoms with Gasteiger partial charge in [-0.25, -0.2) is 4.98 Å². The van der Waals surface area contributed by atoms with Crippen molar-refractivity contribution in [2.75, 3.05) is 25.5 Å². The Morgan fingerprint density at radius 3 is 3.09 bits per heavy atom. The van der Waals surface area contributed by atoms with E-state index in [0.717, 1.165) is 36.7 Å². The average Bonchev–Trinajstić information content (AvgIpc) is 3.25. The molecule has 0 unspecified atom stereocenters. The van der Waals surface area contributed by atoms with Crippen molar-refractivity contribution >= 4 is 28.8 Å². The summed E-state index contributed by atoms with van der Waals surface area (Å²) in [5.74, 6) is 1.10. The second-order valence-corrected chi connectivity index (χ2v) is 6.38. The molecule has 1 N–H and O–H groups in total. The van der Waals surface area contributed by atoms with E-state index in [-0.39, 0.29) is 5.91 Å². The Balaban J connectivity index is 1.29. The largest absolute Gasteiger partial charge is 0.431 e. The number of fused-ring (bicyclic) bond motifs is 1. The average molecular weight is 320 g/mol. The zero-order valence-electron chi connectivity index (χ0n) is 12.4. The molecule has 1 amide bonds. The van der Waals surface area contributed by atoms with Gasteiger partial charge in [0.15, 0.2) is 5.58 Å². The van der Waals surface area contributed by atoms with Crippen LogP contribution in [0, 0.1) is 5.92 Å². The number of benzene rings is 1. The number of hydrogen-bond acceptors (Lipinski definition) is 5. The highest BCUT2D eigenvalue weighted by Gasteiger charge is 2.20. The Kier molecular flexibility index (Phi) is 5.34. The number of carbonyl (C=O) groups is 1. The molecular weight excluding hydrogens is 300 g/mol. The monoisotopic (exact) mass is 320 g/mol. The van der Waals surface area contributed by atoms with Crippen LogP contribution >= 0.6 is 11.8 Å². The van der Waals surface area contributed by atoms with Gasteiger partial charge in [0.25, 0.3) is 5.22 Å². The van der Waals surface area contributed by atoms with Gasteiger partial charge < -0.3 is 14.5 Å². The van der Waals surface area contributed by atoms with Crippen molar-refractivity contribution in [1.29, 1.82) is 0 Å². The molecule has 1 aliphatic rings. The van der Waals surface area contributed by atoms with E-state index in [9.17, 15) is 4.79 Å². The standard InChI is InChI=1S/C16H20N2O3S/c19-15(17-8-3-9-20-10-12-6-7-12)11-22-16-18-13-4-1-2-5-14(13)21-16/h1-2,4-5,12H,3,6-11H2,(H,17,19). The summed E-state index contributed by atoms with van der Waals surface area (Å²) < 4.78 is 11.1. The Morgan fingerprint density at radius 2 is 2.27 bits per heavy atom. The molecule has 0 saturated heterocycles. The van der Waals surface area contributed by atoms with Crippen LogP contribution in [0.15, 0.2) is 33.9 Å². The normalized spacial score (nSPS) is 14.4. The van der Waals surface area contributed by atoms with Gasteiger partial charge in [0.05, 0.1) is 5.75 Å². The lowest BCUT2D eigenvalue weighted by atomic mass is 10.3. The first-order chi connectivity index (χ1) is 10.8. The van der Waals surface area contributed by atoms with E-state index in [1.165, 1.54) is 24.6 Å². The summed E-state index contributed by atoms with van der Waals surface area (Å²) in [5.41, 5.74) is 1.57. The van der Waals surface area contributed by atoms with Crippen molar-refractivity contribution < 1.29 is 13.9 Å². The number of oxazole rings is 1. The Labute approximate surface area is 133 Å². The maximum Gasteiger partial charge on any atom is 0.257 e. The summed E-state index contributed by atoms with van der Waals surface area (Å²) in [7, 11) is 0. The highest BCUT2D eigenvalue weighted by molar-refractivity contribution is 7.99. The summed E-state index contributed by atoms with van der Waals surface area (Å²) in [6, 6.07) is 7.58. The molecule has 0 radical (unpaired) electrons. The zero-order chi connectivity index (χ0) is 15.2. The number of amides is 1. The fraction of sp³-hybridized carbons (Fsp3) is 0.500.